The van der Waals surface area contributed by atoms with Gasteiger partial charge in [0, 0.05) is 25.3 Å². The normalized spacial score (nSPS) is 19.7. The van der Waals surface area contributed by atoms with Crippen molar-refractivity contribution in [1.82, 2.24) is 15.3 Å². The van der Waals surface area contributed by atoms with Gasteiger partial charge in [0.05, 0.1) is 11.9 Å². The van der Waals surface area contributed by atoms with Gasteiger partial charge in [0.15, 0.2) is 0 Å². The average molecular weight is 262 g/mol. The third kappa shape index (κ3) is 3.90. The van der Waals surface area contributed by atoms with Crippen LogP contribution >= 0.6 is 0 Å². The molecule has 0 bridgehead atoms. The number of hydrogen-bond acceptors (Lipinski definition) is 4. The van der Waals surface area contributed by atoms with E-state index >= 15 is 0 Å². The fraction of sp³-hybridized carbons (Fsp3) is 0.733. The zero-order valence-corrected chi connectivity index (χ0v) is 12.2. The van der Waals surface area contributed by atoms with Crippen LogP contribution in [0.3, 0.4) is 0 Å². The Hall–Kier alpha value is -1.16. The molecule has 1 atom stereocenters. The van der Waals surface area contributed by atoms with Crippen LogP contribution in [0.2, 0.25) is 0 Å². The predicted octanol–water partition coefficient (Wildman–Crippen LogP) is 2.75. The first-order chi connectivity index (χ1) is 9.35. The van der Waals surface area contributed by atoms with Crippen molar-refractivity contribution in [2.75, 3.05) is 18.0 Å². The average Bonchev–Trinajstić information content (AvgIpc) is 2.48. The van der Waals surface area contributed by atoms with Gasteiger partial charge in [-0.1, -0.05) is 13.8 Å². The van der Waals surface area contributed by atoms with Crippen LogP contribution in [0, 0.1) is 0 Å². The quantitative estimate of drug-likeness (QED) is 0.800. The highest BCUT2D eigenvalue weighted by molar-refractivity contribution is 5.38. The van der Waals surface area contributed by atoms with Gasteiger partial charge in [0.25, 0.3) is 0 Å². The van der Waals surface area contributed by atoms with E-state index in [9.17, 15) is 0 Å². The Balaban J connectivity index is 2.04. The molecule has 1 saturated heterocycles. The zero-order chi connectivity index (χ0) is 13.5. The lowest BCUT2D eigenvalue weighted by atomic mass is 10.0. The maximum atomic E-state index is 4.77. The van der Waals surface area contributed by atoms with Gasteiger partial charge in [-0.25, -0.2) is 4.98 Å². The van der Waals surface area contributed by atoms with Gasteiger partial charge in [-0.05, 0) is 38.6 Å². The summed E-state index contributed by atoms with van der Waals surface area (Å²) < 4.78 is 0. The Bertz CT molecular complexity index is 380. The highest BCUT2D eigenvalue weighted by Crippen LogP contribution is 2.24. The number of rotatable bonds is 6. The Morgan fingerprint density at radius 2 is 2.21 bits per heavy atom. The summed E-state index contributed by atoms with van der Waals surface area (Å²) in [5, 5.41) is 3.39. The lowest BCUT2D eigenvalue weighted by molar-refractivity contribution is 0.446. The van der Waals surface area contributed by atoms with Crippen LogP contribution in [0.5, 0.6) is 0 Å². The second-order valence-electron chi connectivity index (χ2n) is 5.30. The summed E-state index contributed by atoms with van der Waals surface area (Å²) in [6, 6.07) is 0.641. The summed E-state index contributed by atoms with van der Waals surface area (Å²) in [5.41, 5.74) is 1.05. The fourth-order valence-corrected chi connectivity index (χ4v) is 2.74. The highest BCUT2D eigenvalue weighted by Gasteiger charge is 2.22. The van der Waals surface area contributed by atoms with Crippen LogP contribution in [-0.4, -0.2) is 29.1 Å². The minimum atomic E-state index is 0.641. The SMILES string of the molecule is CCCNCc1cncc(N2CCCCC2CC)n1. The second kappa shape index (κ2) is 7.43. The third-order valence-electron chi connectivity index (χ3n) is 3.80. The molecule has 0 aromatic carbocycles. The van der Waals surface area contributed by atoms with Gasteiger partial charge < -0.3 is 10.2 Å². The third-order valence-corrected chi connectivity index (χ3v) is 3.80. The van der Waals surface area contributed by atoms with Crippen LogP contribution in [0.15, 0.2) is 12.4 Å². The summed E-state index contributed by atoms with van der Waals surface area (Å²) in [6.45, 7) is 7.42. The second-order valence-corrected chi connectivity index (χ2v) is 5.30. The van der Waals surface area contributed by atoms with Gasteiger partial charge in [-0.15, -0.1) is 0 Å². The van der Waals surface area contributed by atoms with E-state index in [0.29, 0.717) is 6.04 Å². The Kier molecular flexibility index (Phi) is 5.58. The van der Waals surface area contributed by atoms with Crippen molar-refractivity contribution in [1.29, 1.82) is 0 Å². The van der Waals surface area contributed by atoms with E-state index in [4.69, 9.17) is 4.98 Å². The highest BCUT2D eigenvalue weighted by atomic mass is 15.2. The molecule has 4 nitrogen and oxygen atoms in total. The maximum absolute atomic E-state index is 4.77. The van der Waals surface area contributed by atoms with Gasteiger partial charge in [-0.2, -0.15) is 0 Å². The number of anilines is 1. The number of nitrogens with one attached hydrogen (secondary N) is 1. The van der Waals surface area contributed by atoms with Gasteiger partial charge in [0.2, 0.25) is 0 Å². The molecule has 0 saturated carbocycles. The Morgan fingerprint density at radius 3 is 3.00 bits per heavy atom. The largest absolute Gasteiger partial charge is 0.352 e. The number of nitrogens with zero attached hydrogens (tertiary/aromatic N) is 3. The van der Waals surface area contributed by atoms with Gasteiger partial charge in [0.1, 0.15) is 5.82 Å². The lowest BCUT2D eigenvalue weighted by Crippen LogP contribution is -2.39. The van der Waals surface area contributed by atoms with E-state index in [0.717, 1.165) is 37.6 Å². The van der Waals surface area contributed by atoms with Crippen molar-refractivity contribution in [3.05, 3.63) is 18.1 Å². The maximum Gasteiger partial charge on any atom is 0.147 e. The first-order valence-electron chi connectivity index (χ1n) is 7.63. The molecule has 0 amide bonds. The number of piperidine rings is 1. The Labute approximate surface area is 116 Å². The molecule has 1 aliphatic heterocycles. The lowest BCUT2D eigenvalue weighted by Gasteiger charge is -2.36. The molecule has 4 heteroatoms. The monoisotopic (exact) mass is 262 g/mol. The van der Waals surface area contributed by atoms with Crippen LogP contribution in [-0.2, 0) is 6.54 Å². The van der Waals surface area contributed by atoms with Crippen molar-refractivity contribution in [3.8, 4) is 0 Å². The molecule has 0 spiro atoms. The fourth-order valence-electron chi connectivity index (χ4n) is 2.74. The topological polar surface area (TPSA) is 41.1 Å². The Morgan fingerprint density at radius 1 is 1.32 bits per heavy atom. The molecular weight excluding hydrogens is 236 g/mol. The molecule has 1 aromatic rings. The van der Waals surface area contributed by atoms with Crippen LogP contribution < -0.4 is 10.2 Å². The summed E-state index contributed by atoms with van der Waals surface area (Å²) in [7, 11) is 0. The molecule has 106 valence electrons. The summed E-state index contributed by atoms with van der Waals surface area (Å²) >= 11 is 0. The molecule has 1 fully saturated rings. The van der Waals surface area contributed by atoms with Crippen LogP contribution in [0.25, 0.3) is 0 Å². The van der Waals surface area contributed by atoms with E-state index in [-0.39, 0.29) is 0 Å². The van der Waals surface area contributed by atoms with Crippen molar-refractivity contribution in [3.63, 3.8) is 0 Å². The molecule has 2 rings (SSSR count). The molecule has 1 aliphatic rings. The molecule has 1 N–H and O–H groups in total. The number of aromatic nitrogens is 2. The van der Waals surface area contributed by atoms with E-state index in [1.807, 2.05) is 12.4 Å². The van der Waals surface area contributed by atoms with E-state index in [2.05, 4.69) is 29.0 Å². The van der Waals surface area contributed by atoms with Crippen LogP contribution in [0.1, 0.15) is 51.6 Å². The molecule has 1 unspecified atom stereocenters. The van der Waals surface area contributed by atoms with E-state index in [1.54, 1.807) is 0 Å². The molecule has 1 aromatic heterocycles. The smallest absolute Gasteiger partial charge is 0.147 e. The molecule has 0 aliphatic carbocycles. The van der Waals surface area contributed by atoms with Gasteiger partial charge in [-0.3, -0.25) is 4.98 Å². The van der Waals surface area contributed by atoms with Gasteiger partial charge >= 0.3 is 0 Å². The zero-order valence-electron chi connectivity index (χ0n) is 12.2. The minimum absolute atomic E-state index is 0.641. The van der Waals surface area contributed by atoms with Crippen LogP contribution in [0.4, 0.5) is 5.82 Å². The van der Waals surface area contributed by atoms with E-state index in [1.165, 1.54) is 25.7 Å². The first-order valence-corrected chi connectivity index (χ1v) is 7.63. The van der Waals surface area contributed by atoms with Crippen molar-refractivity contribution in [2.24, 2.45) is 0 Å². The summed E-state index contributed by atoms with van der Waals surface area (Å²) in [4.78, 5) is 11.6. The molecule has 0 radical (unpaired) electrons. The summed E-state index contributed by atoms with van der Waals surface area (Å²) in [5.74, 6) is 1.06. The molecule has 19 heavy (non-hydrogen) atoms. The van der Waals surface area contributed by atoms with E-state index < -0.39 is 0 Å². The molecular formula is C15H26N4. The van der Waals surface area contributed by atoms with Crippen molar-refractivity contribution in [2.45, 2.75) is 58.5 Å². The first kappa shape index (κ1) is 14.3. The summed E-state index contributed by atoms with van der Waals surface area (Å²) in [6.07, 6.45) is 10.0. The molecule has 2 heterocycles. The minimum Gasteiger partial charge on any atom is -0.352 e. The van der Waals surface area contributed by atoms with Crippen molar-refractivity contribution < 1.29 is 0 Å². The standard InChI is InChI=1S/C15H26N4/c1-3-8-16-10-13-11-17-12-15(18-13)19-9-6-5-7-14(19)4-2/h11-12,14,16H,3-10H2,1-2H3. The number of hydrogen-bond donors (Lipinski definition) is 1. The van der Waals surface area contributed by atoms with Crippen molar-refractivity contribution >= 4 is 5.82 Å². The predicted molar refractivity (Wildman–Crippen MR) is 79.3 cm³/mol.